The van der Waals surface area contributed by atoms with Crippen LogP contribution >= 0.6 is 11.8 Å². The van der Waals surface area contributed by atoms with Crippen molar-refractivity contribution in [2.45, 2.75) is 29.7 Å². The summed E-state index contributed by atoms with van der Waals surface area (Å²) in [6.45, 7) is 0.165. The fourth-order valence-corrected chi connectivity index (χ4v) is 4.42. The van der Waals surface area contributed by atoms with Crippen LogP contribution in [0, 0.1) is 22.7 Å². The first-order valence-electron chi connectivity index (χ1n) is 9.98. The zero-order valence-corrected chi connectivity index (χ0v) is 17.4. The van der Waals surface area contributed by atoms with E-state index in [9.17, 15) is 10.5 Å². The van der Waals surface area contributed by atoms with Crippen molar-refractivity contribution in [1.29, 1.82) is 10.5 Å². The molecule has 1 aliphatic heterocycles. The molecule has 1 saturated carbocycles. The third-order valence-corrected chi connectivity index (χ3v) is 6.23. The van der Waals surface area contributed by atoms with E-state index in [2.05, 4.69) is 17.5 Å². The van der Waals surface area contributed by atoms with Crippen LogP contribution in [0.15, 0.2) is 53.6 Å². The molecule has 0 saturated heterocycles. The van der Waals surface area contributed by atoms with Crippen LogP contribution < -0.4 is 14.8 Å². The molecule has 6 nitrogen and oxygen atoms in total. The number of nitrogens with zero attached hydrogens (tertiary/aromatic N) is 3. The first-order chi connectivity index (χ1) is 15.3. The number of thioether (sulfide) groups is 1. The van der Waals surface area contributed by atoms with Gasteiger partial charge in [0, 0.05) is 17.4 Å². The molecule has 0 amide bonds. The highest BCUT2D eigenvalue weighted by Gasteiger charge is 2.27. The molecule has 31 heavy (non-hydrogen) atoms. The number of pyridine rings is 1. The van der Waals surface area contributed by atoms with E-state index in [1.54, 1.807) is 0 Å². The Hall–Kier alpha value is -3.68. The van der Waals surface area contributed by atoms with Crippen molar-refractivity contribution in [1.82, 2.24) is 4.98 Å². The second-order valence-electron chi connectivity index (χ2n) is 7.38. The SMILES string of the molecule is N#Cc1c(NC2CC2)nc(SCc2ccccc2)c(C#N)c1-c1ccc2c(c1)OCO2. The van der Waals surface area contributed by atoms with Gasteiger partial charge in [0.25, 0.3) is 0 Å². The number of hydrogen-bond acceptors (Lipinski definition) is 7. The standard InChI is InChI=1S/C24H18N4O2S/c25-11-18-22(16-6-9-20-21(10-16)30-14-29-20)19(12-26)24(28-23(18)27-17-7-8-17)31-13-15-4-2-1-3-5-15/h1-6,9-10,17H,7-8,13-14H2,(H,27,28). The molecule has 0 unspecified atom stereocenters. The van der Waals surface area contributed by atoms with Gasteiger partial charge in [0.1, 0.15) is 28.5 Å². The van der Waals surface area contributed by atoms with Gasteiger partial charge >= 0.3 is 0 Å². The Bertz CT molecular complexity index is 1230. The Labute approximate surface area is 184 Å². The van der Waals surface area contributed by atoms with Gasteiger partial charge in [-0.2, -0.15) is 10.5 Å². The smallest absolute Gasteiger partial charge is 0.231 e. The molecule has 0 radical (unpaired) electrons. The number of benzene rings is 2. The normalized spacial score (nSPS) is 14.0. The van der Waals surface area contributed by atoms with E-state index in [-0.39, 0.29) is 6.79 Å². The molecule has 5 rings (SSSR count). The van der Waals surface area contributed by atoms with Crippen molar-refractivity contribution in [2.75, 3.05) is 12.1 Å². The quantitative estimate of drug-likeness (QED) is 0.549. The Balaban J connectivity index is 1.63. The highest BCUT2D eigenvalue weighted by atomic mass is 32.2. The van der Waals surface area contributed by atoms with E-state index in [4.69, 9.17) is 14.5 Å². The number of aromatic nitrogens is 1. The minimum Gasteiger partial charge on any atom is -0.454 e. The second-order valence-corrected chi connectivity index (χ2v) is 8.34. The molecule has 3 aromatic rings. The van der Waals surface area contributed by atoms with Crippen LogP contribution in [0.3, 0.4) is 0 Å². The third kappa shape index (κ3) is 3.88. The number of rotatable bonds is 6. The number of anilines is 1. The summed E-state index contributed by atoms with van der Waals surface area (Å²) in [4.78, 5) is 4.72. The molecule has 7 heteroatoms. The molecule has 1 aliphatic carbocycles. The predicted octanol–water partition coefficient (Wildman–Crippen LogP) is 5.09. The Morgan fingerprint density at radius 2 is 1.77 bits per heavy atom. The average molecular weight is 427 g/mol. The fraction of sp³-hybridized carbons (Fsp3) is 0.208. The molecule has 0 atom stereocenters. The Morgan fingerprint density at radius 1 is 1.00 bits per heavy atom. The molecule has 1 aromatic heterocycles. The van der Waals surface area contributed by atoms with Gasteiger partial charge in [-0.25, -0.2) is 4.98 Å². The van der Waals surface area contributed by atoms with E-state index in [1.807, 2.05) is 48.5 Å². The van der Waals surface area contributed by atoms with Crippen LogP contribution in [-0.2, 0) is 5.75 Å². The minimum absolute atomic E-state index is 0.165. The minimum atomic E-state index is 0.165. The first-order valence-corrected chi connectivity index (χ1v) is 11.0. The van der Waals surface area contributed by atoms with Gasteiger partial charge in [0.2, 0.25) is 6.79 Å². The molecule has 0 bridgehead atoms. The van der Waals surface area contributed by atoms with E-state index in [0.717, 1.165) is 24.0 Å². The molecule has 2 aromatic carbocycles. The highest BCUT2D eigenvalue weighted by Crippen LogP contribution is 2.42. The lowest BCUT2D eigenvalue weighted by atomic mass is 9.96. The van der Waals surface area contributed by atoms with Gasteiger partial charge < -0.3 is 14.8 Å². The summed E-state index contributed by atoms with van der Waals surface area (Å²) in [5.41, 5.74) is 3.24. The molecule has 152 valence electrons. The van der Waals surface area contributed by atoms with E-state index >= 15 is 0 Å². The average Bonchev–Trinajstić information content (AvgIpc) is 3.50. The van der Waals surface area contributed by atoms with Crippen molar-refractivity contribution >= 4 is 17.6 Å². The van der Waals surface area contributed by atoms with Gasteiger partial charge in [-0.05, 0) is 36.1 Å². The highest BCUT2D eigenvalue weighted by molar-refractivity contribution is 7.98. The maximum absolute atomic E-state index is 10.1. The van der Waals surface area contributed by atoms with Gasteiger partial charge in [-0.3, -0.25) is 0 Å². The maximum atomic E-state index is 10.1. The summed E-state index contributed by atoms with van der Waals surface area (Å²) < 4.78 is 10.9. The number of nitriles is 2. The lowest BCUT2D eigenvalue weighted by Gasteiger charge is -2.16. The van der Waals surface area contributed by atoms with Crippen molar-refractivity contribution in [3.8, 4) is 34.8 Å². The summed E-state index contributed by atoms with van der Waals surface area (Å²) in [6, 6.07) is 20.5. The molecule has 0 spiro atoms. The number of ether oxygens (including phenoxy) is 2. The van der Waals surface area contributed by atoms with E-state index in [1.165, 1.54) is 11.8 Å². The second kappa shape index (κ2) is 8.22. The Kier molecular flexibility index (Phi) is 5.11. The molecule has 1 fully saturated rings. The fourth-order valence-electron chi connectivity index (χ4n) is 3.47. The van der Waals surface area contributed by atoms with Crippen LogP contribution in [0.4, 0.5) is 5.82 Å². The summed E-state index contributed by atoms with van der Waals surface area (Å²) in [5, 5.41) is 24.1. The predicted molar refractivity (Wildman–Crippen MR) is 118 cm³/mol. The van der Waals surface area contributed by atoms with Crippen LogP contribution in [-0.4, -0.2) is 17.8 Å². The topological polar surface area (TPSA) is 91.0 Å². The van der Waals surface area contributed by atoms with Gasteiger partial charge in [-0.15, -0.1) is 11.8 Å². The van der Waals surface area contributed by atoms with Crippen LogP contribution in [0.1, 0.15) is 29.5 Å². The largest absolute Gasteiger partial charge is 0.454 e. The lowest BCUT2D eigenvalue weighted by molar-refractivity contribution is 0.174. The molecular weight excluding hydrogens is 408 g/mol. The van der Waals surface area contributed by atoms with Crippen LogP contribution in [0.25, 0.3) is 11.1 Å². The summed E-state index contributed by atoms with van der Waals surface area (Å²) in [7, 11) is 0. The molecule has 2 aliphatic rings. The summed E-state index contributed by atoms with van der Waals surface area (Å²) in [5.74, 6) is 2.48. The van der Waals surface area contributed by atoms with Crippen molar-refractivity contribution in [2.24, 2.45) is 0 Å². The van der Waals surface area contributed by atoms with E-state index < -0.39 is 0 Å². The number of hydrogen-bond donors (Lipinski definition) is 1. The first kappa shape index (κ1) is 19.3. The Morgan fingerprint density at radius 3 is 2.52 bits per heavy atom. The van der Waals surface area contributed by atoms with Gasteiger partial charge in [0.15, 0.2) is 11.5 Å². The van der Waals surface area contributed by atoms with Gasteiger partial charge in [0.05, 0.1) is 5.56 Å². The maximum Gasteiger partial charge on any atom is 0.231 e. The molecular formula is C24H18N4O2S. The monoisotopic (exact) mass is 426 g/mol. The van der Waals surface area contributed by atoms with Crippen molar-refractivity contribution in [3.63, 3.8) is 0 Å². The number of fused-ring (bicyclic) bond motifs is 1. The van der Waals surface area contributed by atoms with Crippen LogP contribution in [0.2, 0.25) is 0 Å². The van der Waals surface area contributed by atoms with Crippen LogP contribution in [0.5, 0.6) is 11.5 Å². The molecule has 2 heterocycles. The number of nitrogens with one attached hydrogen (secondary N) is 1. The summed E-state index contributed by atoms with van der Waals surface area (Å²) in [6.07, 6.45) is 2.11. The van der Waals surface area contributed by atoms with E-state index in [0.29, 0.717) is 50.8 Å². The van der Waals surface area contributed by atoms with Crippen molar-refractivity contribution < 1.29 is 9.47 Å². The van der Waals surface area contributed by atoms with Gasteiger partial charge in [-0.1, -0.05) is 36.4 Å². The summed E-state index contributed by atoms with van der Waals surface area (Å²) >= 11 is 1.50. The third-order valence-electron chi connectivity index (χ3n) is 5.19. The van der Waals surface area contributed by atoms with Crippen molar-refractivity contribution in [3.05, 3.63) is 65.2 Å². The zero-order valence-electron chi connectivity index (χ0n) is 16.6. The molecule has 1 N–H and O–H groups in total. The lowest BCUT2D eigenvalue weighted by Crippen LogP contribution is -2.09. The zero-order chi connectivity index (χ0) is 21.2.